The summed E-state index contributed by atoms with van der Waals surface area (Å²) < 4.78 is 0. The average Bonchev–Trinajstić information content (AvgIpc) is 2.94. The second-order valence-electron chi connectivity index (χ2n) is 5.92. The van der Waals surface area contributed by atoms with Gasteiger partial charge >= 0.3 is 0 Å². The predicted molar refractivity (Wildman–Crippen MR) is 93.4 cm³/mol. The van der Waals surface area contributed by atoms with E-state index in [4.69, 9.17) is 0 Å². The highest BCUT2D eigenvalue weighted by Crippen LogP contribution is 2.20. The zero-order chi connectivity index (χ0) is 15.2. The molecule has 0 aliphatic carbocycles. The summed E-state index contributed by atoms with van der Waals surface area (Å²) in [7, 11) is 3.88. The Morgan fingerprint density at radius 2 is 2.09 bits per heavy atom. The molecule has 2 unspecified atom stereocenters. The maximum Gasteiger partial charge on any atom is 0.237 e. The van der Waals surface area contributed by atoms with E-state index < -0.39 is 0 Å². The standard InChI is InChI=1S/C17H27N3O.ClH/c1-14(15-8-5-4-6-9-15)19(3)17(21)13-20-11-7-10-16(20)12-18-2;/h4-6,8-9,14,16,18H,7,10-13H2,1-3H3;1H. The third kappa shape index (κ3) is 4.70. The molecular formula is C17H28ClN3O. The van der Waals surface area contributed by atoms with Gasteiger partial charge in [-0.05, 0) is 38.9 Å². The molecule has 0 spiro atoms. The fourth-order valence-corrected chi connectivity index (χ4v) is 3.03. The number of hydrogen-bond donors (Lipinski definition) is 1. The molecular weight excluding hydrogens is 298 g/mol. The zero-order valence-corrected chi connectivity index (χ0v) is 14.6. The van der Waals surface area contributed by atoms with Crippen molar-refractivity contribution in [3.05, 3.63) is 35.9 Å². The van der Waals surface area contributed by atoms with Gasteiger partial charge in [-0.2, -0.15) is 0 Å². The van der Waals surface area contributed by atoms with Crippen molar-refractivity contribution >= 4 is 18.3 Å². The first-order valence-corrected chi connectivity index (χ1v) is 7.82. The van der Waals surface area contributed by atoms with Gasteiger partial charge in [0.1, 0.15) is 0 Å². The smallest absolute Gasteiger partial charge is 0.237 e. The molecule has 1 aromatic carbocycles. The molecule has 2 rings (SSSR count). The molecule has 0 radical (unpaired) electrons. The van der Waals surface area contributed by atoms with Crippen molar-refractivity contribution in [3.8, 4) is 0 Å². The molecule has 4 nitrogen and oxygen atoms in total. The molecule has 1 aromatic rings. The van der Waals surface area contributed by atoms with Crippen molar-refractivity contribution in [2.75, 3.05) is 33.7 Å². The molecule has 1 aliphatic rings. The van der Waals surface area contributed by atoms with E-state index in [2.05, 4.69) is 29.3 Å². The topological polar surface area (TPSA) is 35.6 Å². The van der Waals surface area contributed by atoms with Gasteiger partial charge in [0, 0.05) is 19.6 Å². The number of benzene rings is 1. The largest absolute Gasteiger partial charge is 0.338 e. The minimum absolute atomic E-state index is 0. The van der Waals surface area contributed by atoms with Gasteiger partial charge in [-0.3, -0.25) is 9.69 Å². The first-order chi connectivity index (χ1) is 10.1. The van der Waals surface area contributed by atoms with Crippen LogP contribution in [0.3, 0.4) is 0 Å². The van der Waals surface area contributed by atoms with Gasteiger partial charge in [0.2, 0.25) is 5.91 Å². The van der Waals surface area contributed by atoms with Gasteiger partial charge in [0.05, 0.1) is 12.6 Å². The minimum atomic E-state index is 0. The van der Waals surface area contributed by atoms with Gasteiger partial charge in [0.25, 0.3) is 0 Å². The number of likely N-dealkylation sites (N-methyl/N-ethyl adjacent to an activating group) is 2. The lowest BCUT2D eigenvalue weighted by Gasteiger charge is -2.30. The first kappa shape index (κ1) is 18.9. The zero-order valence-electron chi connectivity index (χ0n) is 13.8. The van der Waals surface area contributed by atoms with E-state index in [1.165, 1.54) is 18.4 Å². The Labute approximate surface area is 140 Å². The van der Waals surface area contributed by atoms with Crippen LogP contribution in [0.4, 0.5) is 0 Å². The summed E-state index contributed by atoms with van der Waals surface area (Å²) in [6.45, 7) is 4.61. The second-order valence-corrected chi connectivity index (χ2v) is 5.92. The van der Waals surface area contributed by atoms with Gasteiger partial charge in [-0.1, -0.05) is 30.3 Å². The summed E-state index contributed by atoms with van der Waals surface area (Å²) in [4.78, 5) is 16.7. The number of carbonyl (C=O) groups excluding carboxylic acids is 1. The molecule has 2 atom stereocenters. The normalized spacial score (nSPS) is 19.5. The van der Waals surface area contributed by atoms with Crippen molar-refractivity contribution < 1.29 is 4.79 Å². The van der Waals surface area contributed by atoms with Gasteiger partial charge in [-0.15, -0.1) is 12.4 Å². The molecule has 0 aromatic heterocycles. The molecule has 5 heteroatoms. The van der Waals surface area contributed by atoms with Crippen LogP contribution in [0.2, 0.25) is 0 Å². The molecule has 1 fully saturated rings. The minimum Gasteiger partial charge on any atom is -0.338 e. The Morgan fingerprint density at radius 1 is 1.41 bits per heavy atom. The molecule has 0 saturated carbocycles. The Kier molecular flexibility index (Phi) is 7.87. The van der Waals surface area contributed by atoms with Gasteiger partial charge in [0.15, 0.2) is 0 Å². The molecule has 1 N–H and O–H groups in total. The van der Waals surface area contributed by atoms with Crippen LogP contribution in [0.15, 0.2) is 30.3 Å². The molecule has 1 heterocycles. The van der Waals surface area contributed by atoms with E-state index in [0.29, 0.717) is 12.6 Å². The number of amides is 1. The highest BCUT2D eigenvalue weighted by molar-refractivity contribution is 5.85. The fraction of sp³-hybridized carbons (Fsp3) is 0.588. The summed E-state index contributed by atoms with van der Waals surface area (Å²) >= 11 is 0. The van der Waals surface area contributed by atoms with Gasteiger partial charge in [-0.25, -0.2) is 0 Å². The van der Waals surface area contributed by atoms with E-state index in [1.54, 1.807) is 0 Å². The van der Waals surface area contributed by atoms with Crippen molar-refractivity contribution in [1.29, 1.82) is 0 Å². The Balaban J connectivity index is 0.00000242. The van der Waals surface area contributed by atoms with E-state index in [1.807, 2.05) is 37.2 Å². The lowest BCUT2D eigenvalue weighted by molar-refractivity contribution is -0.133. The number of nitrogens with zero attached hydrogens (tertiary/aromatic N) is 2. The average molecular weight is 326 g/mol. The highest BCUT2D eigenvalue weighted by atomic mass is 35.5. The van der Waals surface area contributed by atoms with Crippen LogP contribution in [0.1, 0.15) is 31.4 Å². The maximum atomic E-state index is 12.5. The predicted octanol–water partition coefficient (Wildman–Crippen LogP) is 2.31. The van der Waals surface area contributed by atoms with Gasteiger partial charge < -0.3 is 10.2 Å². The SMILES string of the molecule is CNCC1CCCN1CC(=O)N(C)C(C)c1ccccc1.Cl. The summed E-state index contributed by atoms with van der Waals surface area (Å²) in [5, 5.41) is 3.22. The van der Waals surface area contributed by atoms with Crippen molar-refractivity contribution in [2.45, 2.75) is 31.8 Å². The monoisotopic (exact) mass is 325 g/mol. The fourth-order valence-electron chi connectivity index (χ4n) is 3.03. The van der Waals surface area contributed by atoms with Crippen molar-refractivity contribution in [2.24, 2.45) is 0 Å². The number of hydrogen-bond acceptors (Lipinski definition) is 3. The van der Waals surface area contributed by atoms with Crippen LogP contribution in [0.5, 0.6) is 0 Å². The van der Waals surface area contributed by atoms with Crippen LogP contribution in [-0.4, -0.2) is 55.5 Å². The molecule has 1 amide bonds. The molecule has 1 aliphatic heterocycles. The van der Waals surface area contributed by atoms with Crippen LogP contribution in [-0.2, 0) is 4.79 Å². The first-order valence-electron chi connectivity index (χ1n) is 7.82. The summed E-state index contributed by atoms with van der Waals surface area (Å²) in [6.07, 6.45) is 2.38. The Morgan fingerprint density at radius 3 is 2.73 bits per heavy atom. The van der Waals surface area contributed by atoms with Crippen LogP contribution >= 0.6 is 12.4 Å². The number of likely N-dealkylation sites (tertiary alicyclic amines) is 1. The number of rotatable bonds is 6. The van der Waals surface area contributed by atoms with E-state index >= 15 is 0 Å². The van der Waals surface area contributed by atoms with Crippen LogP contribution in [0.25, 0.3) is 0 Å². The van der Waals surface area contributed by atoms with Crippen LogP contribution < -0.4 is 5.32 Å². The quantitative estimate of drug-likeness (QED) is 0.872. The lowest BCUT2D eigenvalue weighted by atomic mass is 10.1. The van der Waals surface area contributed by atoms with E-state index in [0.717, 1.165) is 13.1 Å². The summed E-state index contributed by atoms with van der Waals surface area (Å²) in [5.74, 6) is 0.203. The molecule has 22 heavy (non-hydrogen) atoms. The maximum absolute atomic E-state index is 12.5. The summed E-state index contributed by atoms with van der Waals surface area (Å²) in [5.41, 5.74) is 1.18. The Bertz CT molecular complexity index is 454. The number of nitrogens with one attached hydrogen (secondary N) is 1. The summed E-state index contributed by atoms with van der Waals surface area (Å²) in [6, 6.07) is 10.8. The second kappa shape index (κ2) is 9.13. The molecule has 0 bridgehead atoms. The molecule has 1 saturated heterocycles. The molecule has 124 valence electrons. The highest BCUT2D eigenvalue weighted by Gasteiger charge is 2.27. The Hall–Kier alpha value is -1.10. The number of carbonyl (C=O) groups is 1. The van der Waals surface area contributed by atoms with Crippen molar-refractivity contribution in [3.63, 3.8) is 0 Å². The lowest BCUT2D eigenvalue weighted by Crippen LogP contribution is -2.44. The van der Waals surface area contributed by atoms with Crippen LogP contribution in [0, 0.1) is 0 Å². The van der Waals surface area contributed by atoms with E-state index in [-0.39, 0.29) is 24.4 Å². The third-order valence-corrected chi connectivity index (χ3v) is 4.53. The van der Waals surface area contributed by atoms with E-state index in [9.17, 15) is 4.79 Å². The van der Waals surface area contributed by atoms with Crippen molar-refractivity contribution in [1.82, 2.24) is 15.1 Å². The number of halogens is 1. The third-order valence-electron chi connectivity index (χ3n) is 4.53.